The van der Waals surface area contributed by atoms with Gasteiger partial charge < -0.3 is 5.11 Å². The fraction of sp³-hybridized carbons (Fsp3) is 0.611. The molecule has 1 heterocycles. The number of aromatic carboxylic acids is 1. The summed E-state index contributed by atoms with van der Waals surface area (Å²) in [6, 6.07) is 6.36. The Hall–Kier alpha value is -1.35. The molecule has 114 valence electrons. The van der Waals surface area contributed by atoms with Gasteiger partial charge in [0.15, 0.2) is 0 Å². The molecule has 21 heavy (non-hydrogen) atoms. The molecule has 0 amide bonds. The molecular weight excluding hydrogens is 262 g/mol. The van der Waals surface area contributed by atoms with Gasteiger partial charge in [0.1, 0.15) is 0 Å². The average molecular weight is 287 g/mol. The molecule has 0 saturated heterocycles. The lowest BCUT2D eigenvalue weighted by atomic mass is 9.72. The Morgan fingerprint density at radius 2 is 2.14 bits per heavy atom. The smallest absolute Gasteiger partial charge is 0.335 e. The van der Waals surface area contributed by atoms with E-state index in [2.05, 4.69) is 24.8 Å². The van der Waals surface area contributed by atoms with E-state index < -0.39 is 5.97 Å². The number of carboxylic acid groups (broad SMARTS) is 1. The van der Waals surface area contributed by atoms with Gasteiger partial charge in [0.25, 0.3) is 0 Å². The molecule has 2 aliphatic rings. The number of carboxylic acids is 1. The van der Waals surface area contributed by atoms with Crippen molar-refractivity contribution in [3.8, 4) is 0 Å². The largest absolute Gasteiger partial charge is 0.478 e. The summed E-state index contributed by atoms with van der Waals surface area (Å²) in [5, 5.41) is 9.32. The monoisotopic (exact) mass is 287 g/mol. The maximum atomic E-state index is 11.3. The van der Waals surface area contributed by atoms with Crippen LogP contribution in [0.1, 0.15) is 61.0 Å². The molecular formula is C18H25NO2. The van der Waals surface area contributed by atoms with Gasteiger partial charge in [0.2, 0.25) is 0 Å². The van der Waals surface area contributed by atoms with Crippen molar-refractivity contribution in [3.05, 3.63) is 34.9 Å². The van der Waals surface area contributed by atoms with Gasteiger partial charge >= 0.3 is 5.97 Å². The van der Waals surface area contributed by atoms with Crippen molar-refractivity contribution >= 4 is 5.97 Å². The van der Waals surface area contributed by atoms with E-state index in [0.29, 0.717) is 17.0 Å². The molecule has 1 unspecified atom stereocenters. The fourth-order valence-corrected chi connectivity index (χ4v) is 4.25. The maximum Gasteiger partial charge on any atom is 0.335 e. The van der Waals surface area contributed by atoms with Crippen molar-refractivity contribution in [1.82, 2.24) is 4.90 Å². The predicted octanol–water partition coefficient (Wildman–Crippen LogP) is 3.71. The summed E-state index contributed by atoms with van der Waals surface area (Å²) >= 11 is 0. The Labute approximate surface area is 127 Å². The minimum Gasteiger partial charge on any atom is -0.478 e. The topological polar surface area (TPSA) is 40.5 Å². The first kappa shape index (κ1) is 14.6. The first-order valence-corrected chi connectivity index (χ1v) is 8.07. The van der Waals surface area contributed by atoms with Gasteiger partial charge in [-0.25, -0.2) is 4.79 Å². The molecule has 1 aromatic carbocycles. The third-order valence-corrected chi connectivity index (χ3v) is 5.42. The van der Waals surface area contributed by atoms with Gasteiger partial charge in [-0.15, -0.1) is 0 Å². The zero-order valence-corrected chi connectivity index (χ0v) is 13.1. The van der Waals surface area contributed by atoms with Crippen LogP contribution in [0.25, 0.3) is 0 Å². The Morgan fingerprint density at radius 3 is 2.86 bits per heavy atom. The van der Waals surface area contributed by atoms with Crippen molar-refractivity contribution in [2.75, 3.05) is 6.54 Å². The van der Waals surface area contributed by atoms with E-state index in [9.17, 15) is 9.90 Å². The van der Waals surface area contributed by atoms with E-state index in [1.807, 2.05) is 6.07 Å². The zero-order chi connectivity index (χ0) is 15.0. The Morgan fingerprint density at radius 1 is 1.33 bits per heavy atom. The predicted molar refractivity (Wildman–Crippen MR) is 83.6 cm³/mol. The molecule has 0 aromatic heterocycles. The summed E-state index contributed by atoms with van der Waals surface area (Å²) in [5.74, 6) is -0.793. The number of benzene rings is 1. The summed E-state index contributed by atoms with van der Waals surface area (Å²) in [6.45, 7) is 6.68. The highest BCUT2D eigenvalue weighted by Gasteiger charge is 2.37. The molecule has 1 atom stereocenters. The lowest BCUT2D eigenvalue weighted by Crippen LogP contribution is -2.49. The van der Waals surface area contributed by atoms with Crippen molar-refractivity contribution in [1.29, 1.82) is 0 Å². The maximum absolute atomic E-state index is 11.3. The Balaban J connectivity index is 1.85. The highest BCUT2D eigenvalue weighted by atomic mass is 16.4. The fourth-order valence-electron chi connectivity index (χ4n) is 4.25. The van der Waals surface area contributed by atoms with Gasteiger partial charge in [0, 0.05) is 19.1 Å². The van der Waals surface area contributed by atoms with Crippen LogP contribution in [0.4, 0.5) is 0 Å². The summed E-state index contributed by atoms with van der Waals surface area (Å²) in [6.07, 6.45) is 6.12. The SMILES string of the molecule is CC1(C)CCCCC1N1CCc2c(cccc2C(=O)O)C1. The van der Waals surface area contributed by atoms with E-state index in [1.165, 1.54) is 31.2 Å². The van der Waals surface area contributed by atoms with Crippen LogP contribution in [0.5, 0.6) is 0 Å². The van der Waals surface area contributed by atoms with Crippen molar-refractivity contribution in [3.63, 3.8) is 0 Å². The summed E-state index contributed by atoms with van der Waals surface area (Å²) in [7, 11) is 0. The number of rotatable bonds is 2. The van der Waals surface area contributed by atoms with Crippen LogP contribution in [-0.2, 0) is 13.0 Å². The summed E-state index contributed by atoms with van der Waals surface area (Å²) in [5.41, 5.74) is 3.13. The Bertz CT molecular complexity index is 550. The molecule has 0 bridgehead atoms. The molecule has 1 fully saturated rings. The first-order chi connectivity index (χ1) is 9.99. The quantitative estimate of drug-likeness (QED) is 0.901. The third-order valence-electron chi connectivity index (χ3n) is 5.42. The molecule has 1 saturated carbocycles. The molecule has 3 rings (SSSR count). The molecule has 3 nitrogen and oxygen atoms in total. The lowest BCUT2D eigenvalue weighted by Gasteiger charge is -2.47. The van der Waals surface area contributed by atoms with E-state index in [0.717, 1.165) is 25.1 Å². The summed E-state index contributed by atoms with van der Waals surface area (Å²) in [4.78, 5) is 13.9. The van der Waals surface area contributed by atoms with Crippen LogP contribution < -0.4 is 0 Å². The minimum atomic E-state index is -0.793. The second-order valence-corrected chi connectivity index (χ2v) is 7.22. The number of hydrogen-bond acceptors (Lipinski definition) is 2. The van der Waals surface area contributed by atoms with Gasteiger partial charge in [-0.2, -0.15) is 0 Å². The molecule has 1 aliphatic carbocycles. The number of carbonyl (C=O) groups is 1. The van der Waals surface area contributed by atoms with Crippen LogP contribution in [-0.4, -0.2) is 28.6 Å². The molecule has 0 spiro atoms. The average Bonchev–Trinajstić information content (AvgIpc) is 2.45. The Kier molecular flexibility index (Phi) is 3.78. The van der Waals surface area contributed by atoms with Gasteiger partial charge in [-0.1, -0.05) is 38.8 Å². The number of hydrogen-bond donors (Lipinski definition) is 1. The van der Waals surface area contributed by atoms with Crippen molar-refractivity contribution in [2.45, 2.75) is 58.5 Å². The van der Waals surface area contributed by atoms with Crippen LogP contribution in [0.15, 0.2) is 18.2 Å². The summed E-state index contributed by atoms with van der Waals surface area (Å²) < 4.78 is 0. The van der Waals surface area contributed by atoms with Gasteiger partial charge in [-0.05, 0) is 41.9 Å². The van der Waals surface area contributed by atoms with Crippen molar-refractivity contribution < 1.29 is 9.90 Å². The molecule has 1 aliphatic heterocycles. The molecule has 0 radical (unpaired) electrons. The van der Waals surface area contributed by atoms with Crippen LogP contribution in [0.2, 0.25) is 0 Å². The van der Waals surface area contributed by atoms with Gasteiger partial charge in [0.05, 0.1) is 5.56 Å². The second kappa shape index (κ2) is 5.45. The van der Waals surface area contributed by atoms with Crippen LogP contribution >= 0.6 is 0 Å². The van der Waals surface area contributed by atoms with E-state index in [1.54, 1.807) is 6.07 Å². The second-order valence-electron chi connectivity index (χ2n) is 7.22. The third kappa shape index (κ3) is 2.71. The van der Waals surface area contributed by atoms with Crippen LogP contribution in [0.3, 0.4) is 0 Å². The molecule has 3 heteroatoms. The highest BCUT2D eigenvalue weighted by molar-refractivity contribution is 5.89. The van der Waals surface area contributed by atoms with E-state index in [4.69, 9.17) is 0 Å². The molecule has 1 aromatic rings. The van der Waals surface area contributed by atoms with E-state index in [-0.39, 0.29) is 0 Å². The number of nitrogens with zero attached hydrogens (tertiary/aromatic N) is 1. The lowest BCUT2D eigenvalue weighted by molar-refractivity contribution is 0.0391. The normalized spacial score (nSPS) is 25.3. The first-order valence-electron chi connectivity index (χ1n) is 8.07. The number of fused-ring (bicyclic) bond motifs is 1. The standard InChI is InChI=1S/C18H25NO2/c1-18(2)10-4-3-8-16(18)19-11-9-14-13(12-19)6-5-7-15(14)17(20)21/h5-7,16H,3-4,8-12H2,1-2H3,(H,20,21). The van der Waals surface area contributed by atoms with Crippen molar-refractivity contribution in [2.24, 2.45) is 5.41 Å². The highest BCUT2D eigenvalue weighted by Crippen LogP contribution is 2.40. The van der Waals surface area contributed by atoms with E-state index >= 15 is 0 Å². The minimum absolute atomic E-state index is 0.375. The van der Waals surface area contributed by atoms with Gasteiger partial charge in [-0.3, -0.25) is 4.90 Å². The van der Waals surface area contributed by atoms with Crippen LogP contribution in [0, 0.1) is 5.41 Å². The zero-order valence-electron chi connectivity index (χ0n) is 13.1. The molecule has 1 N–H and O–H groups in total.